The van der Waals surface area contributed by atoms with Crippen LogP contribution in [0.4, 0.5) is 5.13 Å². The lowest BCUT2D eigenvalue weighted by atomic mass is 10.2. The Labute approximate surface area is 105 Å². The summed E-state index contributed by atoms with van der Waals surface area (Å²) in [5.74, 6) is -0.0785. The zero-order chi connectivity index (χ0) is 12.3. The van der Waals surface area contributed by atoms with E-state index >= 15 is 0 Å². The second-order valence-electron chi connectivity index (χ2n) is 4.03. The topological polar surface area (TPSA) is 63.2 Å². The van der Waals surface area contributed by atoms with Crippen LogP contribution >= 0.6 is 11.3 Å². The predicted octanol–water partition coefficient (Wildman–Crippen LogP) is 1.40. The van der Waals surface area contributed by atoms with E-state index in [9.17, 15) is 4.79 Å². The monoisotopic (exact) mass is 255 g/mol. The number of hydrogen-bond acceptors (Lipinski definition) is 5. The molecule has 1 aliphatic rings. The molecule has 2 rings (SSSR count). The summed E-state index contributed by atoms with van der Waals surface area (Å²) in [6.07, 6.45) is 2.51. The molecular formula is C11H17N3O2S. The van der Waals surface area contributed by atoms with Crippen LogP contribution in [0.25, 0.3) is 0 Å². The zero-order valence-electron chi connectivity index (χ0n) is 10.1. The number of carbonyl (C=O) groups excluding carboxylic acids is 1. The van der Waals surface area contributed by atoms with Crippen molar-refractivity contribution in [2.45, 2.75) is 25.9 Å². The number of amides is 1. The summed E-state index contributed by atoms with van der Waals surface area (Å²) in [5.41, 5.74) is 0.768. The Morgan fingerprint density at radius 2 is 2.47 bits per heavy atom. The Morgan fingerprint density at radius 3 is 3.12 bits per heavy atom. The molecule has 0 radical (unpaired) electrons. The van der Waals surface area contributed by atoms with Crippen molar-refractivity contribution in [2.24, 2.45) is 0 Å². The Morgan fingerprint density at radius 1 is 1.65 bits per heavy atom. The highest BCUT2D eigenvalue weighted by molar-refractivity contribution is 7.17. The number of carbonyl (C=O) groups is 1. The van der Waals surface area contributed by atoms with E-state index in [0.717, 1.165) is 36.8 Å². The molecule has 17 heavy (non-hydrogen) atoms. The van der Waals surface area contributed by atoms with Crippen molar-refractivity contribution in [2.75, 3.05) is 25.5 Å². The highest BCUT2D eigenvalue weighted by Crippen LogP contribution is 2.23. The molecule has 0 bridgehead atoms. The van der Waals surface area contributed by atoms with Gasteiger partial charge < -0.3 is 15.4 Å². The van der Waals surface area contributed by atoms with Crippen LogP contribution in [0.15, 0.2) is 0 Å². The normalized spacial score (nSPS) is 19.3. The summed E-state index contributed by atoms with van der Waals surface area (Å²) in [5, 5.41) is 6.63. The molecule has 1 aromatic rings. The van der Waals surface area contributed by atoms with Crippen LogP contribution in [0.2, 0.25) is 0 Å². The number of anilines is 1. The molecule has 1 atom stereocenters. The highest BCUT2D eigenvalue weighted by atomic mass is 32.1. The van der Waals surface area contributed by atoms with Crippen LogP contribution in [0, 0.1) is 6.92 Å². The molecule has 0 spiro atoms. The van der Waals surface area contributed by atoms with E-state index in [0.29, 0.717) is 4.88 Å². The third-order valence-electron chi connectivity index (χ3n) is 2.73. The standard InChI is InChI=1S/C11H17N3O2S/c1-7-9(10(15)12-2)17-11(14-7)13-6-8-4-3-5-16-8/h8H,3-6H2,1-2H3,(H,12,15)(H,13,14)/t8-/m0/s1. The van der Waals surface area contributed by atoms with Gasteiger partial charge in [-0.25, -0.2) is 4.98 Å². The molecule has 94 valence electrons. The average molecular weight is 255 g/mol. The van der Waals surface area contributed by atoms with Crippen LogP contribution < -0.4 is 10.6 Å². The van der Waals surface area contributed by atoms with Gasteiger partial charge in [-0.2, -0.15) is 0 Å². The van der Waals surface area contributed by atoms with Gasteiger partial charge >= 0.3 is 0 Å². The largest absolute Gasteiger partial charge is 0.376 e. The summed E-state index contributed by atoms with van der Waals surface area (Å²) in [6.45, 7) is 3.46. The Bertz CT molecular complexity index is 399. The Hall–Kier alpha value is -1.14. The quantitative estimate of drug-likeness (QED) is 0.853. The van der Waals surface area contributed by atoms with Gasteiger partial charge in [-0.1, -0.05) is 11.3 Å². The molecule has 6 heteroatoms. The van der Waals surface area contributed by atoms with E-state index in [4.69, 9.17) is 4.74 Å². The SMILES string of the molecule is CNC(=O)c1sc(NC[C@@H]2CCCO2)nc1C. The summed E-state index contributed by atoms with van der Waals surface area (Å²) in [4.78, 5) is 16.5. The van der Waals surface area contributed by atoms with Crippen LogP contribution in [-0.2, 0) is 4.74 Å². The molecule has 5 nitrogen and oxygen atoms in total. The van der Waals surface area contributed by atoms with E-state index in [-0.39, 0.29) is 12.0 Å². The van der Waals surface area contributed by atoms with Crippen molar-refractivity contribution in [3.63, 3.8) is 0 Å². The molecule has 1 aromatic heterocycles. The molecule has 2 N–H and O–H groups in total. The molecular weight excluding hydrogens is 238 g/mol. The number of hydrogen-bond donors (Lipinski definition) is 2. The first-order chi connectivity index (χ1) is 8.20. The van der Waals surface area contributed by atoms with Crippen molar-refractivity contribution < 1.29 is 9.53 Å². The van der Waals surface area contributed by atoms with Gasteiger partial charge in [0, 0.05) is 20.2 Å². The smallest absolute Gasteiger partial charge is 0.263 e. The van der Waals surface area contributed by atoms with E-state index in [2.05, 4.69) is 15.6 Å². The minimum Gasteiger partial charge on any atom is -0.376 e. The summed E-state index contributed by atoms with van der Waals surface area (Å²) in [6, 6.07) is 0. The van der Waals surface area contributed by atoms with Crippen molar-refractivity contribution in [3.8, 4) is 0 Å². The third kappa shape index (κ3) is 2.95. The molecule has 0 saturated carbocycles. The van der Waals surface area contributed by atoms with Gasteiger partial charge in [0.25, 0.3) is 5.91 Å². The number of aryl methyl sites for hydroxylation is 1. The maximum atomic E-state index is 11.5. The average Bonchev–Trinajstić information content (AvgIpc) is 2.94. The fourth-order valence-corrected chi connectivity index (χ4v) is 2.72. The fourth-order valence-electron chi connectivity index (χ4n) is 1.80. The van der Waals surface area contributed by atoms with Crippen LogP contribution in [0.3, 0.4) is 0 Å². The van der Waals surface area contributed by atoms with E-state index in [1.54, 1.807) is 7.05 Å². The maximum Gasteiger partial charge on any atom is 0.263 e. The fraction of sp³-hybridized carbons (Fsp3) is 0.636. The van der Waals surface area contributed by atoms with Crippen molar-refractivity contribution in [3.05, 3.63) is 10.6 Å². The lowest BCUT2D eigenvalue weighted by molar-refractivity contribution is 0.0966. The lowest BCUT2D eigenvalue weighted by Crippen LogP contribution is -2.18. The first-order valence-electron chi connectivity index (χ1n) is 5.75. The molecule has 2 heterocycles. The van der Waals surface area contributed by atoms with Crippen LogP contribution in [0.1, 0.15) is 28.2 Å². The van der Waals surface area contributed by atoms with Gasteiger partial charge in [0.15, 0.2) is 5.13 Å². The Balaban J connectivity index is 1.94. The van der Waals surface area contributed by atoms with Gasteiger partial charge in [-0.15, -0.1) is 0 Å². The highest BCUT2D eigenvalue weighted by Gasteiger charge is 2.17. The predicted molar refractivity (Wildman–Crippen MR) is 67.7 cm³/mol. The lowest BCUT2D eigenvalue weighted by Gasteiger charge is -2.08. The van der Waals surface area contributed by atoms with Gasteiger partial charge in [0.2, 0.25) is 0 Å². The van der Waals surface area contributed by atoms with Crippen LogP contribution in [0.5, 0.6) is 0 Å². The molecule has 1 aliphatic heterocycles. The number of nitrogens with one attached hydrogen (secondary N) is 2. The Kier molecular flexibility index (Phi) is 3.96. The first kappa shape index (κ1) is 12.3. The number of ether oxygens (including phenoxy) is 1. The summed E-state index contributed by atoms with van der Waals surface area (Å²) < 4.78 is 5.52. The zero-order valence-corrected chi connectivity index (χ0v) is 10.9. The second-order valence-corrected chi connectivity index (χ2v) is 5.03. The van der Waals surface area contributed by atoms with Gasteiger partial charge in [-0.05, 0) is 19.8 Å². The van der Waals surface area contributed by atoms with Crippen molar-refractivity contribution in [1.82, 2.24) is 10.3 Å². The van der Waals surface area contributed by atoms with E-state index in [1.165, 1.54) is 11.3 Å². The van der Waals surface area contributed by atoms with E-state index in [1.807, 2.05) is 6.92 Å². The van der Waals surface area contributed by atoms with Gasteiger partial charge in [0.1, 0.15) is 4.88 Å². The number of aromatic nitrogens is 1. The molecule has 1 saturated heterocycles. The number of rotatable bonds is 4. The maximum absolute atomic E-state index is 11.5. The molecule has 0 aliphatic carbocycles. The van der Waals surface area contributed by atoms with Crippen LogP contribution in [-0.4, -0.2) is 37.2 Å². The van der Waals surface area contributed by atoms with Gasteiger partial charge in [0.05, 0.1) is 11.8 Å². The third-order valence-corrected chi connectivity index (χ3v) is 3.85. The first-order valence-corrected chi connectivity index (χ1v) is 6.57. The summed E-state index contributed by atoms with van der Waals surface area (Å²) >= 11 is 1.39. The molecule has 1 amide bonds. The molecule has 0 unspecified atom stereocenters. The van der Waals surface area contributed by atoms with Crippen molar-refractivity contribution >= 4 is 22.4 Å². The number of nitrogens with zero attached hydrogens (tertiary/aromatic N) is 1. The molecule has 0 aromatic carbocycles. The number of thiazole rings is 1. The van der Waals surface area contributed by atoms with Crippen molar-refractivity contribution in [1.29, 1.82) is 0 Å². The summed E-state index contributed by atoms with van der Waals surface area (Å²) in [7, 11) is 1.63. The minimum atomic E-state index is -0.0785. The minimum absolute atomic E-state index is 0.0785. The second kappa shape index (κ2) is 5.46. The molecule has 1 fully saturated rings. The van der Waals surface area contributed by atoms with Gasteiger partial charge in [-0.3, -0.25) is 4.79 Å². The van der Waals surface area contributed by atoms with E-state index < -0.39 is 0 Å².